The summed E-state index contributed by atoms with van der Waals surface area (Å²) >= 11 is 0. The molecule has 1 aliphatic heterocycles. The van der Waals surface area contributed by atoms with Crippen molar-refractivity contribution in [1.29, 1.82) is 0 Å². The van der Waals surface area contributed by atoms with Gasteiger partial charge >= 0.3 is 0 Å². The van der Waals surface area contributed by atoms with Crippen LogP contribution in [-0.2, 0) is 6.42 Å². The molecule has 1 aromatic heterocycles. The van der Waals surface area contributed by atoms with Crippen LogP contribution >= 0.6 is 0 Å². The van der Waals surface area contributed by atoms with Crippen molar-refractivity contribution < 1.29 is 4.79 Å². The molecule has 0 radical (unpaired) electrons. The molecule has 1 amide bonds. The Kier molecular flexibility index (Phi) is 4.36. The third-order valence-electron chi connectivity index (χ3n) is 4.97. The first-order valence-corrected chi connectivity index (χ1v) is 9.11. The predicted molar refractivity (Wildman–Crippen MR) is 108 cm³/mol. The molecule has 5 nitrogen and oxygen atoms in total. The van der Waals surface area contributed by atoms with Crippen molar-refractivity contribution in [1.82, 2.24) is 9.97 Å². The largest absolute Gasteiger partial charge is 0.323 e. The number of amides is 1. The van der Waals surface area contributed by atoms with Gasteiger partial charge in [-0.1, -0.05) is 35.9 Å². The first-order chi connectivity index (χ1) is 13.0. The maximum Gasteiger partial charge on any atom is 0.274 e. The lowest BCUT2D eigenvalue weighted by atomic mass is 10.1. The summed E-state index contributed by atoms with van der Waals surface area (Å²) in [6.45, 7) is 6.18. The highest BCUT2D eigenvalue weighted by molar-refractivity contribution is 6.03. The van der Waals surface area contributed by atoms with Crippen LogP contribution in [0.15, 0.2) is 54.9 Å². The molecule has 27 heavy (non-hydrogen) atoms. The molecule has 136 valence electrons. The summed E-state index contributed by atoms with van der Waals surface area (Å²) in [6, 6.07) is 16.3. The average Bonchev–Trinajstić information content (AvgIpc) is 2.99. The second-order valence-electron chi connectivity index (χ2n) is 7.09. The van der Waals surface area contributed by atoms with Crippen molar-refractivity contribution in [2.24, 2.45) is 0 Å². The fourth-order valence-corrected chi connectivity index (χ4v) is 3.66. The van der Waals surface area contributed by atoms with Crippen molar-refractivity contribution >= 4 is 23.1 Å². The number of nitrogens with one attached hydrogen (secondary N) is 1. The number of rotatable bonds is 3. The number of fused-ring (bicyclic) bond motifs is 1. The van der Waals surface area contributed by atoms with E-state index >= 15 is 0 Å². The average molecular weight is 358 g/mol. The van der Waals surface area contributed by atoms with E-state index in [0.717, 1.165) is 34.7 Å². The molecule has 5 heteroatoms. The quantitative estimate of drug-likeness (QED) is 0.752. The lowest BCUT2D eigenvalue weighted by molar-refractivity contribution is 0.102. The topological polar surface area (TPSA) is 58.1 Å². The Balaban J connectivity index is 1.62. The van der Waals surface area contributed by atoms with Crippen molar-refractivity contribution in [3.05, 3.63) is 77.2 Å². The molecule has 1 unspecified atom stereocenters. The number of aromatic nitrogens is 2. The third kappa shape index (κ3) is 3.28. The van der Waals surface area contributed by atoms with E-state index in [1.807, 2.05) is 38.1 Å². The van der Waals surface area contributed by atoms with E-state index in [1.165, 1.54) is 11.9 Å². The van der Waals surface area contributed by atoms with E-state index in [2.05, 4.69) is 45.3 Å². The molecule has 0 saturated carbocycles. The molecular formula is C22H22N4O. The number of carbonyl (C=O) groups excluding carboxylic acids is 1. The van der Waals surface area contributed by atoms with E-state index in [-0.39, 0.29) is 11.9 Å². The van der Waals surface area contributed by atoms with E-state index in [1.54, 1.807) is 6.07 Å². The Bertz CT molecular complexity index is 1010. The van der Waals surface area contributed by atoms with Gasteiger partial charge in [0.15, 0.2) is 0 Å². The van der Waals surface area contributed by atoms with Gasteiger partial charge in [-0.25, -0.2) is 9.97 Å². The molecule has 1 atom stereocenters. The van der Waals surface area contributed by atoms with Gasteiger partial charge in [-0.3, -0.25) is 4.79 Å². The van der Waals surface area contributed by atoms with E-state index < -0.39 is 0 Å². The number of hydrogen-bond donors (Lipinski definition) is 1. The van der Waals surface area contributed by atoms with Crippen LogP contribution < -0.4 is 10.2 Å². The third-order valence-corrected chi connectivity index (χ3v) is 4.97. The van der Waals surface area contributed by atoms with Crippen molar-refractivity contribution in [3.63, 3.8) is 0 Å². The highest BCUT2D eigenvalue weighted by Gasteiger charge is 2.28. The normalized spacial score (nSPS) is 15.5. The van der Waals surface area contributed by atoms with Crippen molar-refractivity contribution in [2.45, 2.75) is 33.2 Å². The van der Waals surface area contributed by atoms with Gasteiger partial charge in [-0.2, -0.15) is 0 Å². The Labute approximate surface area is 159 Å². The molecule has 0 saturated heterocycles. The van der Waals surface area contributed by atoms with Gasteiger partial charge in [-0.15, -0.1) is 0 Å². The Hall–Kier alpha value is -3.21. The first kappa shape index (κ1) is 17.2. The molecule has 0 fully saturated rings. The van der Waals surface area contributed by atoms with E-state index in [9.17, 15) is 4.79 Å². The minimum atomic E-state index is -0.231. The summed E-state index contributed by atoms with van der Waals surface area (Å²) in [7, 11) is 0. The predicted octanol–water partition coefficient (Wildman–Crippen LogP) is 4.43. The number of aryl methyl sites for hydroxylation is 2. The summed E-state index contributed by atoms with van der Waals surface area (Å²) < 4.78 is 0. The van der Waals surface area contributed by atoms with Crippen LogP contribution in [0.4, 0.5) is 17.2 Å². The second kappa shape index (κ2) is 6.83. The zero-order valence-corrected chi connectivity index (χ0v) is 15.7. The molecule has 3 aromatic rings. The lowest BCUT2D eigenvalue weighted by Gasteiger charge is -2.23. The summed E-state index contributed by atoms with van der Waals surface area (Å²) in [5.74, 6) is 0.513. The highest BCUT2D eigenvalue weighted by atomic mass is 16.1. The molecule has 1 aliphatic rings. The molecular weight excluding hydrogens is 336 g/mol. The number of hydrogen-bond acceptors (Lipinski definition) is 4. The summed E-state index contributed by atoms with van der Waals surface area (Å²) in [4.78, 5) is 23.5. The van der Waals surface area contributed by atoms with E-state index in [0.29, 0.717) is 5.69 Å². The fraction of sp³-hybridized carbons (Fsp3) is 0.227. The SMILES string of the molecule is Cc1ccc(NC(=O)c2cc(N3c4ccccc4CC3C)ncn2)c(C)c1. The van der Waals surface area contributed by atoms with Crippen LogP contribution in [0.1, 0.15) is 34.1 Å². The standard InChI is InChI=1S/C22H22N4O/c1-14-8-9-18(15(2)10-14)25-22(27)19-12-21(24-13-23-19)26-16(3)11-17-6-4-5-7-20(17)26/h4-10,12-13,16H,11H2,1-3H3,(H,25,27). The Morgan fingerprint density at radius 1 is 1.11 bits per heavy atom. The monoisotopic (exact) mass is 358 g/mol. The van der Waals surface area contributed by atoms with Gasteiger partial charge < -0.3 is 10.2 Å². The number of carbonyl (C=O) groups is 1. The van der Waals surface area contributed by atoms with E-state index in [4.69, 9.17) is 0 Å². The summed E-state index contributed by atoms with van der Waals surface area (Å²) in [5, 5.41) is 2.95. The van der Waals surface area contributed by atoms with Crippen LogP contribution in [0.25, 0.3) is 0 Å². The second-order valence-corrected chi connectivity index (χ2v) is 7.09. The maximum atomic E-state index is 12.7. The van der Waals surface area contributed by atoms with Gasteiger partial charge in [0.1, 0.15) is 17.8 Å². The van der Waals surface area contributed by atoms with Crippen molar-refractivity contribution in [3.8, 4) is 0 Å². The lowest BCUT2D eigenvalue weighted by Crippen LogP contribution is -2.25. The number of benzene rings is 2. The smallest absolute Gasteiger partial charge is 0.274 e. The van der Waals surface area contributed by atoms with Crippen LogP contribution in [-0.4, -0.2) is 21.9 Å². The molecule has 1 N–H and O–H groups in total. The molecule has 0 bridgehead atoms. The number of para-hydroxylation sites is 1. The summed E-state index contributed by atoms with van der Waals surface area (Å²) in [5.41, 5.74) is 5.78. The molecule has 4 rings (SSSR count). The molecule has 2 heterocycles. The summed E-state index contributed by atoms with van der Waals surface area (Å²) in [6.07, 6.45) is 2.42. The zero-order valence-electron chi connectivity index (χ0n) is 15.7. The van der Waals surface area contributed by atoms with Gasteiger partial charge in [0.2, 0.25) is 0 Å². The van der Waals surface area contributed by atoms with Crippen LogP contribution in [0.5, 0.6) is 0 Å². The van der Waals surface area contributed by atoms with Crippen LogP contribution in [0.2, 0.25) is 0 Å². The first-order valence-electron chi connectivity index (χ1n) is 9.11. The molecule has 0 spiro atoms. The van der Waals surface area contributed by atoms with Crippen LogP contribution in [0, 0.1) is 13.8 Å². The van der Waals surface area contributed by atoms with Crippen LogP contribution in [0.3, 0.4) is 0 Å². The van der Waals surface area contributed by atoms with Gasteiger partial charge in [0.25, 0.3) is 5.91 Å². The fourth-order valence-electron chi connectivity index (χ4n) is 3.66. The minimum Gasteiger partial charge on any atom is -0.323 e. The maximum absolute atomic E-state index is 12.7. The van der Waals surface area contributed by atoms with Gasteiger partial charge in [-0.05, 0) is 50.5 Å². The van der Waals surface area contributed by atoms with Crippen molar-refractivity contribution in [2.75, 3.05) is 10.2 Å². The number of nitrogens with zero attached hydrogens (tertiary/aromatic N) is 3. The molecule has 2 aromatic carbocycles. The Morgan fingerprint density at radius 3 is 2.74 bits per heavy atom. The Morgan fingerprint density at radius 2 is 1.93 bits per heavy atom. The minimum absolute atomic E-state index is 0.231. The zero-order chi connectivity index (χ0) is 19.0. The number of anilines is 3. The highest BCUT2D eigenvalue weighted by Crippen LogP contribution is 2.37. The van der Waals surface area contributed by atoms with Gasteiger partial charge in [0, 0.05) is 23.5 Å². The molecule has 0 aliphatic carbocycles. The van der Waals surface area contributed by atoms with Gasteiger partial charge in [0.05, 0.1) is 0 Å².